The number of rotatable bonds is 2. The minimum atomic E-state index is -0.369. The maximum atomic E-state index is 11.0. The first kappa shape index (κ1) is 13.8. The van der Waals surface area contributed by atoms with Gasteiger partial charge in [-0.3, -0.25) is 10.1 Å². The van der Waals surface area contributed by atoms with Crippen molar-refractivity contribution >= 4 is 39.1 Å². The number of nitro groups is 1. The number of hydrogen-bond donors (Lipinski definition) is 0. The summed E-state index contributed by atoms with van der Waals surface area (Å²) in [5.74, 6) is 0. The van der Waals surface area contributed by atoms with Crippen LogP contribution in [0.4, 0.5) is 17.1 Å². The molecule has 0 bridgehead atoms. The second-order valence-corrected chi connectivity index (χ2v) is 5.78. The molecule has 0 aliphatic carbocycles. The molecule has 0 amide bonds. The summed E-state index contributed by atoms with van der Waals surface area (Å²) in [4.78, 5) is 12.8. The van der Waals surface area contributed by atoms with Gasteiger partial charge in [0, 0.05) is 28.3 Å². The van der Waals surface area contributed by atoms with Crippen molar-refractivity contribution in [3.8, 4) is 0 Å². The van der Waals surface area contributed by atoms with Gasteiger partial charge >= 0.3 is 0 Å². The van der Waals surface area contributed by atoms with Crippen LogP contribution in [0.15, 0.2) is 53.0 Å². The lowest BCUT2D eigenvalue weighted by molar-refractivity contribution is -0.384. The van der Waals surface area contributed by atoms with Crippen molar-refractivity contribution < 1.29 is 4.92 Å². The van der Waals surface area contributed by atoms with Crippen LogP contribution >= 0.6 is 15.9 Å². The van der Waals surface area contributed by atoms with Gasteiger partial charge in [0.25, 0.3) is 5.69 Å². The Kier molecular flexibility index (Phi) is 3.51. The molecule has 1 atom stereocenters. The number of fused-ring (bicyclic) bond motifs is 1. The Morgan fingerprint density at radius 2 is 1.95 bits per heavy atom. The van der Waals surface area contributed by atoms with Gasteiger partial charge in [-0.25, -0.2) is 0 Å². The number of anilines is 2. The van der Waals surface area contributed by atoms with E-state index in [9.17, 15) is 10.1 Å². The normalized spacial score (nSPS) is 16.7. The Hall–Kier alpha value is -2.14. The molecule has 1 heterocycles. The number of nitrogens with zero attached hydrogens (tertiary/aromatic N) is 2. The summed E-state index contributed by atoms with van der Waals surface area (Å²) in [6, 6.07) is 13.0. The number of nitro benzene ring substituents is 1. The van der Waals surface area contributed by atoms with Gasteiger partial charge in [-0.15, -0.1) is 0 Å². The zero-order chi connectivity index (χ0) is 15.0. The van der Waals surface area contributed by atoms with Crippen molar-refractivity contribution in [2.75, 3.05) is 4.90 Å². The second-order valence-electron chi connectivity index (χ2n) is 4.92. The van der Waals surface area contributed by atoms with Gasteiger partial charge in [0.2, 0.25) is 0 Å². The van der Waals surface area contributed by atoms with Crippen molar-refractivity contribution in [1.29, 1.82) is 0 Å². The van der Waals surface area contributed by atoms with Gasteiger partial charge in [-0.1, -0.05) is 30.4 Å². The number of hydrogen-bond acceptors (Lipinski definition) is 3. The van der Waals surface area contributed by atoms with Crippen molar-refractivity contribution in [2.24, 2.45) is 0 Å². The van der Waals surface area contributed by atoms with Crippen LogP contribution in [-0.2, 0) is 0 Å². The van der Waals surface area contributed by atoms with Crippen molar-refractivity contribution in [1.82, 2.24) is 0 Å². The Morgan fingerprint density at radius 1 is 1.19 bits per heavy atom. The average molecular weight is 345 g/mol. The SMILES string of the molecule is CC1C=Cc2ccccc2N1c1cc([N+](=O)[O-])ccc1Br. The molecule has 0 N–H and O–H groups in total. The van der Waals surface area contributed by atoms with Gasteiger partial charge in [-0.2, -0.15) is 0 Å². The van der Waals surface area contributed by atoms with Gasteiger partial charge in [-0.05, 0) is 40.5 Å². The van der Waals surface area contributed by atoms with E-state index < -0.39 is 0 Å². The number of non-ortho nitro benzene ring substituents is 1. The Bertz CT molecular complexity index is 743. The predicted molar refractivity (Wildman–Crippen MR) is 87.9 cm³/mol. The molecule has 0 saturated carbocycles. The van der Waals surface area contributed by atoms with Crippen LogP contribution in [0.25, 0.3) is 6.08 Å². The van der Waals surface area contributed by atoms with E-state index in [0.29, 0.717) is 0 Å². The number of para-hydroxylation sites is 1. The molecule has 1 aliphatic heterocycles. The molecule has 0 radical (unpaired) electrons. The molecule has 3 rings (SSSR count). The van der Waals surface area contributed by atoms with E-state index in [1.54, 1.807) is 12.1 Å². The molecule has 0 spiro atoms. The Labute approximate surface area is 131 Å². The van der Waals surface area contributed by atoms with Crippen LogP contribution in [0.1, 0.15) is 12.5 Å². The van der Waals surface area contributed by atoms with E-state index in [1.165, 1.54) is 6.07 Å². The van der Waals surface area contributed by atoms with Crippen LogP contribution in [0.2, 0.25) is 0 Å². The topological polar surface area (TPSA) is 46.4 Å². The minimum absolute atomic E-state index is 0.0902. The lowest BCUT2D eigenvalue weighted by Gasteiger charge is -2.34. The van der Waals surface area contributed by atoms with Crippen molar-refractivity contribution in [3.63, 3.8) is 0 Å². The van der Waals surface area contributed by atoms with E-state index in [-0.39, 0.29) is 16.7 Å². The third-order valence-corrected chi connectivity index (χ3v) is 4.23. The summed E-state index contributed by atoms with van der Waals surface area (Å²) in [6.07, 6.45) is 4.18. The molecule has 5 heteroatoms. The maximum absolute atomic E-state index is 11.0. The fourth-order valence-corrected chi connectivity index (χ4v) is 2.98. The molecule has 1 unspecified atom stereocenters. The predicted octanol–water partition coefficient (Wildman–Crippen LogP) is 4.91. The lowest BCUT2D eigenvalue weighted by Crippen LogP contribution is -2.29. The molecule has 106 valence electrons. The molecule has 4 nitrogen and oxygen atoms in total. The summed E-state index contributed by atoms with van der Waals surface area (Å²) in [5.41, 5.74) is 3.05. The smallest absolute Gasteiger partial charge is 0.271 e. The summed E-state index contributed by atoms with van der Waals surface area (Å²) >= 11 is 3.51. The molecule has 1 aliphatic rings. The third kappa shape index (κ3) is 2.45. The fraction of sp³-hybridized carbons (Fsp3) is 0.125. The second kappa shape index (κ2) is 5.33. The minimum Gasteiger partial charge on any atom is -0.333 e. The van der Waals surface area contributed by atoms with Gasteiger partial charge in [0.1, 0.15) is 0 Å². The third-order valence-electron chi connectivity index (χ3n) is 3.56. The highest BCUT2D eigenvalue weighted by atomic mass is 79.9. The first-order valence-electron chi connectivity index (χ1n) is 6.58. The summed E-state index contributed by atoms with van der Waals surface area (Å²) < 4.78 is 0.838. The lowest BCUT2D eigenvalue weighted by atomic mass is 10.0. The van der Waals surface area contributed by atoms with Crippen LogP contribution < -0.4 is 4.90 Å². The molecule has 21 heavy (non-hydrogen) atoms. The number of halogens is 1. The average Bonchev–Trinajstić information content (AvgIpc) is 2.48. The van der Waals surface area contributed by atoms with E-state index in [4.69, 9.17) is 0 Å². The Balaban J connectivity index is 2.17. The van der Waals surface area contributed by atoms with Crippen LogP contribution in [-0.4, -0.2) is 11.0 Å². The van der Waals surface area contributed by atoms with E-state index in [2.05, 4.69) is 39.9 Å². The standard InChI is InChI=1S/C16H13BrN2O2/c1-11-6-7-12-4-2-3-5-15(12)18(11)16-10-13(19(20)21)8-9-14(16)17/h2-11H,1H3. The van der Waals surface area contributed by atoms with Crippen LogP contribution in [0, 0.1) is 10.1 Å². The highest BCUT2D eigenvalue weighted by molar-refractivity contribution is 9.10. The van der Waals surface area contributed by atoms with Crippen LogP contribution in [0.3, 0.4) is 0 Å². The van der Waals surface area contributed by atoms with Crippen molar-refractivity contribution in [2.45, 2.75) is 13.0 Å². The van der Waals surface area contributed by atoms with E-state index in [1.807, 2.05) is 24.3 Å². The molecule has 0 aromatic heterocycles. The summed E-state index contributed by atoms with van der Waals surface area (Å²) in [7, 11) is 0. The molecule has 0 saturated heterocycles. The van der Waals surface area contributed by atoms with Crippen LogP contribution in [0.5, 0.6) is 0 Å². The zero-order valence-corrected chi connectivity index (χ0v) is 12.9. The zero-order valence-electron chi connectivity index (χ0n) is 11.4. The summed E-state index contributed by atoms with van der Waals surface area (Å²) in [6.45, 7) is 2.07. The maximum Gasteiger partial charge on any atom is 0.271 e. The molecule has 2 aromatic carbocycles. The Morgan fingerprint density at radius 3 is 2.71 bits per heavy atom. The van der Waals surface area contributed by atoms with Gasteiger partial charge in [0.15, 0.2) is 0 Å². The quantitative estimate of drug-likeness (QED) is 0.574. The molecular formula is C16H13BrN2O2. The molecule has 0 fully saturated rings. The molecular weight excluding hydrogens is 332 g/mol. The first-order chi connectivity index (χ1) is 10.1. The van der Waals surface area contributed by atoms with Gasteiger partial charge < -0.3 is 4.90 Å². The first-order valence-corrected chi connectivity index (χ1v) is 7.37. The van der Waals surface area contributed by atoms with Gasteiger partial charge in [0.05, 0.1) is 10.6 Å². The highest BCUT2D eigenvalue weighted by Gasteiger charge is 2.23. The monoisotopic (exact) mass is 344 g/mol. The van der Waals surface area contributed by atoms with E-state index >= 15 is 0 Å². The fourth-order valence-electron chi connectivity index (χ4n) is 2.54. The number of benzene rings is 2. The highest BCUT2D eigenvalue weighted by Crippen LogP contribution is 2.40. The summed E-state index contributed by atoms with van der Waals surface area (Å²) in [5, 5.41) is 11.0. The molecule has 2 aromatic rings. The largest absolute Gasteiger partial charge is 0.333 e. The van der Waals surface area contributed by atoms with Crippen molar-refractivity contribution in [3.05, 3.63) is 68.7 Å². The van der Waals surface area contributed by atoms with E-state index in [0.717, 1.165) is 21.4 Å².